The van der Waals surface area contributed by atoms with Gasteiger partial charge in [0, 0.05) is 11.1 Å². The Morgan fingerprint density at radius 3 is 2.47 bits per heavy atom. The fourth-order valence-electron chi connectivity index (χ4n) is 1.44. The van der Waals surface area contributed by atoms with Crippen LogP contribution in [-0.2, 0) is 4.79 Å². The molecule has 0 aliphatic rings. The van der Waals surface area contributed by atoms with Gasteiger partial charge in [0.25, 0.3) is 5.91 Å². The number of aromatic hydroxyl groups is 1. The molecule has 1 amide bonds. The Labute approximate surface area is 111 Å². The smallest absolute Gasteiger partial charge is 0.323 e. The first-order valence-corrected chi connectivity index (χ1v) is 6.01. The van der Waals surface area contributed by atoms with E-state index in [1.54, 1.807) is 0 Å². The first-order valence-electron chi connectivity index (χ1n) is 5.17. The van der Waals surface area contributed by atoms with Gasteiger partial charge < -0.3 is 10.2 Å². The summed E-state index contributed by atoms with van der Waals surface area (Å²) in [5.41, 5.74) is 0.442. The van der Waals surface area contributed by atoms with E-state index >= 15 is 0 Å². The molecule has 0 radical (unpaired) electrons. The second kappa shape index (κ2) is 5.44. The molecule has 1 heterocycles. The summed E-state index contributed by atoms with van der Waals surface area (Å²) in [6.45, 7) is -0.499. The molecule has 98 valence electrons. The lowest BCUT2D eigenvalue weighted by molar-refractivity contribution is -0.135. The van der Waals surface area contributed by atoms with Gasteiger partial charge in [-0.05, 0) is 35.8 Å². The number of carboxylic acid groups (broad SMARTS) is 1. The molecule has 0 spiro atoms. The number of anilines is 1. The molecule has 1 aromatic carbocycles. The molecule has 0 bridgehead atoms. The third kappa shape index (κ3) is 3.05. The number of hydrogen-bond donors (Lipinski definition) is 2. The van der Waals surface area contributed by atoms with E-state index < -0.39 is 18.4 Å². The van der Waals surface area contributed by atoms with Crippen LogP contribution >= 0.6 is 11.5 Å². The van der Waals surface area contributed by atoms with Crippen molar-refractivity contribution in [3.8, 4) is 5.75 Å². The average Bonchev–Trinajstić information content (AvgIpc) is 2.90. The molecule has 19 heavy (non-hydrogen) atoms. The maximum atomic E-state index is 12.1. The van der Waals surface area contributed by atoms with Crippen molar-refractivity contribution in [1.82, 2.24) is 9.59 Å². The molecular formula is C11H9N3O4S. The quantitative estimate of drug-likeness (QED) is 0.864. The highest BCUT2D eigenvalue weighted by atomic mass is 32.1. The van der Waals surface area contributed by atoms with Crippen molar-refractivity contribution in [1.29, 1.82) is 0 Å². The van der Waals surface area contributed by atoms with Gasteiger partial charge in [0.2, 0.25) is 0 Å². The summed E-state index contributed by atoms with van der Waals surface area (Å²) in [6.07, 6.45) is 0. The summed E-state index contributed by atoms with van der Waals surface area (Å²) in [5, 5.41) is 23.1. The van der Waals surface area contributed by atoms with Gasteiger partial charge in [0.1, 0.15) is 12.3 Å². The van der Waals surface area contributed by atoms with Crippen molar-refractivity contribution in [2.24, 2.45) is 0 Å². The van der Waals surface area contributed by atoms with Gasteiger partial charge in [0.05, 0.1) is 0 Å². The molecule has 0 atom stereocenters. The maximum absolute atomic E-state index is 12.1. The zero-order valence-electron chi connectivity index (χ0n) is 9.55. The molecule has 2 aromatic rings. The van der Waals surface area contributed by atoms with Crippen molar-refractivity contribution in [3.63, 3.8) is 0 Å². The number of aliphatic carboxylic acids is 1. The predicted octanol–water partition coefficient (Wildman–Crippen LogP) is 0.975. The molecule has 0 unspecified atom stereocenters. The number of hydrogen-bond acceptors (Lipinski definition) is 6. The van der Waals surface area contributed by atoms with E-state index in [-0.39, 0.29) is 11.4 Å². The van der Waals surface area contributed by atoms with E-state index in [2.05, 4.69) is 9.59 Å². The summed E-state index contributed by atoms with van der Waals surface area (Å²) in [4.78, 5) is 24.0. The summed E-state index contributed by atoms with van der Waals surface area (Å²) >= 11 is 1.01. The summed E-state index contributed by atoms with van der Waals surface area (Å²) in [5.74, 6) is -1.67. The van der Waals surface area contributed by atoms with Crippen molar-refractivity contribution in [3.05, 3.63) is 35.3 Å². The van der Waals surface area contributed by atoms with E-state index in [1.165, 1.54) is 29.6 Å². The number of phenols is 1. The number of carboxylic acids is 1. The fourth-order valence-corrected chi connectivity index (χ4v) is 1.87. The van der Waals surface area contributed by atoms with Crippen LogP contribution in [0.4, 0.5) is 5.69 Å². The van der Waals surface area contributed by atoms with E-state index in [1.807, 2.05) is 0 Å². The first-order chi connectivity index (χ1) is 9.08. The lowest BCUT2D eigenvalue weighted by atomic mass is 10.2. The van der Waals surface area contributed by atoms with Gasteiger partial charge in [-0.1, -0.05) is 4.49 Å². The number of aromatic nitrogens is 2. The van der Waals surface area contributed by atoms with Crippen molar-refractivity contribution in [2.45, 2.75) is 0 Å². The van der Waals surface area contributed by atoms with Crippen molar-refractivity contribution < 1.29 is 19.8 Å². The van der Waals surface area contributed by atoms with Crippen molar-refractivity contribution >= 4 is 29.1 Å². The molecule has 2 rings (SSSR count). The zero-order valence-corrected chi connectivity index (χ0v) is 10.4. The highest BCUT2D eigenvalue weighted by molar-refractivity contribution is 7.03. The van der Waals surface area contributed by atoms with Crippen LogP contribution in [-0.4, -0.2) is 38.2 Å². The molecule has 2 N–H and O–H groups in total. The highest BCUT2D eigenvalue weighted by Crippen LogP contribution is 2.20. The van der Waals surface area contributed by atoms with Crippen LogP contribution in [0.25, 0.3) is 0 Å². The van der Waals surface area contributed by atoms with Crippen LogP contribution < -0.4 is 4.90 Å². The number of rotatable bonds is 4. The largest absolute Gasteiger partial charge is 0.508 e. The molecule has 0 saturated heterocycles. The van der Waals surface area contributed by atoms with Gasteiger partial charge in [-0.25, -0.2) is 0 Å². The van der Waals surface area contributed by atoms with Gasteiger partial charge in [-0.2, -0.15) is 0 Å². The number of carbonyl (C=O) groups is 2. The minimum atomic E-state index is -1.15. The molecule has 0 aliphatic heterocycles. The number of benzene rings is 1. The zero-order chi connectivity index (χ0) is 13.8. The summed E-state index contributed by atoms with van der Waals surface area (Å²) in [7, 11) is 0. The molecule has 8 heteroatoms. The summed E-state index contributed by atoms with van der Waals surface area (Å²) in [6, 6.07) is 5.65. The Hall–Kier alpha value is -2.48. The second-order valence-electron chi connectivity index (χ2n) is 3.59. The predicted molar refractivity (Wildman–Crippen MR) is 67.3 cm³/mol. The molecule has 0 saturated carbocycles. The number of nitrogens with zero attached hydrogens (tertiary/aromatic N) is 3. The van der Waals surface area contributed by atoms with Gasteiger partial charge in [-0.3, -0.25) is 14.5 Å². The molecular weight excluding hydrogens is 270 g/mol. The maximum Gasteiger partial charge on any atom is 0.323 e. The topological polar surface area (TPSA) is 104 Å². The number of phenolic OH excluding ortho intramolecular Hbond substituents is 1. The van der Waals surface area contributed by atoms with E-state index in [0.29, 0.717) is 5.69 Å². The van der Waals surface area contributed by atoms with Crippen LogP contribution in [0.3, 0.4) is 0 Å². The van der Waals surface area contributed by atoms with Crippen LogP contribution in [0, 0.1) is 0 Å². The van der Waals surface area contributed by atoms with Gasteiger partial charge in [-0.15, -0.1) is 5.10 Å². The Bertz CT molecular complexity index is 582. The SMILES string of the molecule is O=C(O)CN(C(=O)c1csnn1)c1ccc(O)cc1. The highest BCUT2D eigenvalue weighted by Gasteiger charge is 2.22. The lowest BCUT2D eigenvalue weighted by Gasteiger charge is -2.19. The first kappa shape index (κ1) is 13.0. The van der Waals surface area contributed by atoms with Gasteiger partial charge in [0.15, 0.2) is 5.69 Å². The Morgan fingerprint density at radius 1 is 1.26 bits per heavy atom. The molecule has 7 nitrogen and oxygen atoms in total. The normalized spacial score (nSPS) is 10.1. The third-order valence-electron chi connectivity index (χ3n) is 2.28. The average molecular weight is 279 g/mol. The number of carbonyl (C=O) groups excluding carboxylic acids is 1. The monoisotopic (exact) mass is 279 g/mol. The van der Waals surface area contributed by atoms with Crippen LogP contribution in [0.5, 0.6) is 5.75 Å². The molecule has 1 aromatic heterocycles. The summed E-state index contributed by atoms with van der Waals surface area (Å²) < 4.78 is 3.57. The fraction of sp³-hybridized carbons (Fsp3) is 0.0909. The second-order valence-corrected chi connectivity index (χ2v) is 4.20. The standard InChI is InChI=1S/C11H9N3O4S/c15-8-3-1-7(2-4-8)14(5-10(16)17)11(18)9-6-19-13-12-9/h1-4,6,15H,5H2,(H,16,17). The third-order valence-corrected chi connectivity index (χ3v) is 2.78. The Balaban J connectivity index is 2.33. The minimum Gasteiger partial charge on any atom is -0.508 e. The van der Waals surface area contributed by atoms with Gasteiger partial charge >= 0.3 is 5.97 Å². The Morgan fingerprint density at radius 2 is 1.95 bits per heavy atom. The van der Waals surface area contributed by atoms with E-state index in [9.17, 15) is 14.7 Å². The van der Waals surface area contributed by atoms with E-state index in [0.717, 1.165) is 16.4 Å². The Kier molecular flexibility index (Phi) is 3.71. The molecule has 0 aliphatic carbocycles. The van der Waals surface area contributed by atoms with Crippen LogP contribution in [0.1, 0.15) is 10.5 Å². The lowest BCUT2D eigenvalue weighted by Crippen LogP contribution is -2.35. The minimum absolute atomic E-state index is 0.0294. The van der Waals surface area contributed by atoms with Crippen molar-refractivity contribution in [2.75, 3.05) is 11.4 Å². The van der Waals surface area contributed by atoms with E-state index in [4.69, 9.17) is 5.11 Å². The van der Waals surface area contributed by atoms with Crippen LogP contribution in [0.15, 0.2) is 29.6 Å². The number of amides is 1. The van der Waals surface area contributed by atoms with Crippen LogP contribution in [0.2, 0.25) is 0 Å². The molecule has 0 fully saturated rings.